The monoisotopic (exact) mass is 278 g/mol. The molecule has 1 amide bonds. The maximum absolute atomic E-state index is 11.8. The number of amides is 1. The Hall–Kier alpha value is -1.66. The van der Waals surface area contributed by atoms with Crippen molar-refractivity contribution in [2.75, 3.05) is 37.0 Å². The third-order valence-corrected chi connectivity index (χ3v) is 3.49. The van der Waals surface area contributed by atoms with Gasteiger partial charge >= 0.3 is 0 Å². The zero-order valence-corrected chi connectivity index (χ0v) is 11.8. The van der Waals surface area contributed by atoms with Crippen molar-refractivity contribution in [3.05, 3.63) is 18.3 Å². The Labute approximate surface area is 119 Å². The molecule has 1 aromatic rings. The Bertz CT molecular complexity index is 425. The molecule has 1 atom stereocenters. The molecule has 1 aliphatic rings. The fraction of sp³-hybridized carbons (Fsp3) is 0.571. The summed E-state index contributed by atoms with van der Waals surface area (Å²) >= 11 is 0. The quantitative estimate of drug-likeness (QED) is 0.839. The summed E-state index contributed by atoms with van der Waals surface area (Å²) in [6.45, 7) is 2.26. The lowest BCUT2D eigenvalue weighted by atomic mass is 10.1. The molecule has 1 unspecified atom stereocenters. The van der Waals surface area contributed by atoms with Crippen molar-refractivity contribution in [1.82, 2.24) is 4.98 Å². The van der Waals surface area contributed by atoms with E-state index in [1.807, 2.05) is 12.1 Å². The van der Waals surface area contributed by atoms with Gasteiger partial charge in [-0.3, -0.25) is 4.79 Å². The predicted molar refractivity (Wildman–Crippen MR) is 78.8 cm³/mol. The number of methoxy groups -OCH3 is 1. The van der Waals surface area contributed by atoms with E-state index in [2.05, 4.69) is 15.2 Å². The number of nitrogens with zero attached hydrogens (tertiary/aromatic N) is 2. The maximum Gasteiger partial charge on any atom is 0.254 e. The zero-order chi connectivity index (χ0) is 14.4. The summed E-state index contributed by atoms with van der Waals surface area (Å²) in [6, 6.07) is 3.79. The summed E-state index contributed by atoms with van der Waals surface area (Å²) in [6.07, 6.45) is 4.77. The fourth-order valence-corrected chi connectivity index (χ4v) is 2.30. The third kappa shape index (κ3) is 3.68. The van der Waals surface area contributed by atoms with Crippen LogP contribution in [0.5, 0.6) is 0 Å². The molecule has 1 aromatic heterocycles. The van der Waals surface area contributed by atoms with Crippen LogP contribution in [-0.2, 0) is 9.53 Å². The van der Waals surface area contributed by atoms with E-state index in [-0.39, 0.29) is 12.5 Å². The van der Waals surface area contributed by atoms with Crippen LogP contribution in [0, 0.1) is 0 Å². The fourth-order valence-electron chi connectivity index (χ4n) is 2.30. The van der Waals surface area contributed by atoms with Gasteiger partial charge in [-0.25, -0.2) is 4.98 Å². The average Bonchev–Trinajstić information content (AvgIpc) is 2.50. The minimum atomic E-state index is -0.628. The number of anilines is 2. The summed E-state index contributed by atoms with van der Waals surface area (Å²) < 4.78 is 4.99. The van der Waals surface area contributed by atoms with Crippen LogP contribution >= 0.6 is 0 Å². The van der Waals surface area contributed by atoms with Crippen molar-refractivity contribution in [1.29, 1.82) is 0 Å². The first-order valence-electron chi connectivity index (χ1n) is 6.99. The molecule has 1 fully saturated rings. The van der Waals surface area contributed by atoms with Crippen LogP contribution in [0.1, 0.15) is 19.3 Å². The molecule has 20 heavy (non-hydrogen) atoms. The normalized spacial score (nSPS) is 16.8. The Kier molecular flexibility index (Phi) is 5.31. The van der Waals surface area contributed by atoms with Crippen molar-refractivity contribution in [3.63, 3.8) is 0 Å². The van der Waals surface area contributed by atoms with Crippen LogP contribution in [0.25, 0.3) is 0 Å². The molecule has 6 heteroatoms. The molecular weight excluding hydrogens is 256 g/mol. The van der Waals surface area contributed by atoms with Crippen molar-refractivity contribution in [2.24, 2.45) is 5.73 Å². The van der Waals surface area contributed by atoms with Gasteiger partial charge in [0.2, 0.25) is 0 Å². The van der Waals surface area contributed by atoms with Gasteiger partial charge in [0.05, 0.1) is 11.9 Å². The van der Waals surface area contributed by atoms with Crippen molar-refractivity contribution in [3.8, 4) is 0 Å². The number of nitrogens with two attached hydrogens (primary N) is 1. The van der Waals surface area contributed by atoms with Crippen LogP contribution in [0.4, 0.5) is 11.5 Å². The highest BCUT2D eigenvalue weighted by Crippen LogP contribution is 2.18. The number of carbonyl (C=O) groups excluding carboxylic acids is 1. The SMILES string of the molecule is COC(CN)C(=O)Nc1ccc(N2CCCCC2)nc1. The van der Waals surface area contributed by atoms with Crippen molar-refractivity contribution >= 4 is 17.4 Å². The van der Waals surface area contributed by atoms with E-state index in [0.717, 1.165) is 18.9 Å². The van der Waals surface area contributed by atoms with Gasteiger partial charge in [-0.15, -0.1) is 0 Å². The summed E-state index contributed by atoms with van der Waals surface area (Å²) in [7, 11) is 1.47. The summed E-state index contributed by atoms with van der Waals surface area (Å²) in [4.78, 5) is 18.5. The number of nitrogens with one attached hydrogen (secondary N) is 1. The lowest BCUT2D eigenvalue weighted by Gasteiger charge is -2.27. The number of aromatic nitrogens is 1. The van der Waals surface area contributed by atoms with E-state index < -0.39 is 6.10 Å². The lowest BCUT2D eigenvalue weighted by Crippen LogP contribution is -2.36. The first kappa shape index (κ1) is 14.7. The topological polar surface area (TPSA) is 80.5 Å². The number of hydrogen-bond acceptors (Lipinski definition) is 5. The zero-order valence-electron chi connectivity index (χ0n) is 11.8. The second-order valence-corrected chi connectivity index (χ2v) is 4.90. The van der Waals surface area contributed by atoms with Crippen molar-refractivity contribution < 1.29 is 9.53 Å². The van der Waals surface area contributed by atoms with Gasteiger partial charge < -0.3 is 20.7 Å². The second-order valence-electron chi connectivity index (χ2n) is 4.90. The molecule has 1 aliphatic heterocycles. The molecule has 0 spiro atoms. The van der Waals surface area contributed by atoms with E-state index in [9.17, 15) is 4.79 Å². The van der Waals surface area contributed by atoms with Crippen LogP contribution < -0.4 is 16.0 Å². The Morgan fingerprint density at radius 3 is 2.75 bits per heavy atom. The van der Waals surface area contributed by atoms with Gasteiger partial charge in [0.15, 0.2) is 0 Å². The van der Waals surface area contributed by atoms with Gasteiger partial charge in [-0.2, -0.15) is 0 Å². The highest BCUT2D eigenvalue weighted by atomic mass is 16.5. The first-order valence-corrected chi connectivity index (χ1v) is 6.99. The van der Waals surface area contributed by atoms with E-state index in [4.69, 9.17) is 10.5 Å². The van der Waals surface area contributed by atoms with Gasteiger partial charge in [0.1, 0.15) is 11.9 Å². The Morgan fingerprint density at radius 1 is 1.45 bits per heavy atom. The highest BCUT2D eigenvalue weighted by molar-refractivity contribution is 5.94. The number of carbonyl (C=O) groups is 1. The minimum absolute atomic E-state index is 0.154. The summed E-state index contributed by atoms with van der Waals surface area (Å²) in [5.74, 6) is 0.715. The number of hydrogen-bond donors (Lipinski definition) is 2. The summed E-state index contributed by atoms with van der Waals surface area (Å²) in [5.41, 5.74) is 6.11. The van der Waals surface area contributed by atoms with Crippen LogP contribution in [0.15, 0.2) is 18.3 Å². The van der Waals surface area contributed by atoms with Gasteiger partial charge in [-0.05, 0) is 31.4 Å². The van der Waals surface area contributed by atoms with Crippen LogP contribution in [-0.4, -0.2) is 43.7 Å². The number of rotatable bonds is 5. The molecular formula is C14H22N4O2. The van der Waals surface area contributed by atoms with E-state index in [1.54, 1.807) is 6.20 Å². The number of ether oxygens (including phenoxy) is 1. The number of pyridine rings is 1. The second kappa shape index (κ2) is 7.21. The van der Waals surface area contributed by atoms with E-state index >= 15 is 0 Å². The maximum atomic E-state index is 11.8. The Morgan fingerprint density at radius 2 is 2.20 bits per heavy atom. The van der Waals surface area contributed by atoms with Crippen LogP contribution in [0.2, 0.25) is 0 Å². The molecule has 2 rings (SSSR count). The molecule has 3 N–H and O–H groups in total. The van der Waals surface area contributed by atoms with Crippen molar-refractivity contribution in [2.45, 2.75) is 25.4 Å². The van der Waals surface area contributed by atoms with Gasteiger partial charge in [0, 0.05) is 26.7 Å². The van der Waals surface area contributed by atoms with Gasteiger partial charge in [-0.1, -0.05) is 0 Å². The minimum Gasteiger partial charge on any atom is -0.370 e. The van der Waals surface area contributed by atoms with E-state index in [1.165, 1.54) is 26.4 Å². The van der Waals surface area contributed by atoms with Crippen LogP contribution in [0.3, 0.4) is 0 Å². The lowest BCUT2D eigenvalue weighted by molar-refractivity contribution is -0.125. The highest BCUT2D eigenvalue weighted by Gasteiger charge is 2.16. The first-order chi connectivity index (χ1) is 9.74. The average molecular weight is 278 g/mol. The molecule has 0 radical (unpaired) electrons. The van der Waals surface area contributed by atoms with E-state index in [0.29, 0.717) is 5.69 Å². The Balaban J connectivity index is 1.95. The smallest absolute Gasteiger partial charge is 0.254 e. The predicted octanol–water partition coefficient (Wildman–Crippen LogP) is 0.984. The standard InChI is InChI=1S/C14H22N4O2/c1-20-12(9-15)14(19)17-11-5-6-13(16-10-11)18-7-3-2-4-8-18/h5-6,10,12H,2-4,7-9,15H2,1H3,(H,17,19). The molecule has 0 bridgehead atoms. The summed E-state index contributed by atoms with van der Waals surface area (Å²) in [5, 5.41) is 2.75. The largest absolute Gasteiger partial charge is 0.370 e. The molecule has 2 heterocycles. The molecule has 6 nitrogen and oxygen atoms in total. The third-order valence-electron chi connectivity index (χ3n) is 3.49. The molecule has 0 aliphatic carbocycles. The molecule has 1 saturated heterocycles. The molecule has 0 aromatic carbocycles. The van der Waals surface area contributed by atoms with Gasteiger partial charge in [0.25, 0.3) is 5.91 Å². The molecule has 110 valence electrons. The number of piperidine rings is 1. The molecule has 0 saturated carbocycles.